The molecule has 0 fully saturated rings. The normalized spacial score (nSPS) is 13.6. The van der Waals surface area contributed by atoms with Crippen LogP contribution in [0.4, 0.5) is 17.2 Å². The van der Waals surface area contributed by atoms with Crippen LogP contribution in [0.2, 0.25) is 5.02 Å². The van der Waals surface area contributed by atoms with E-state index >= 15 is 0 Å². The number of rotatable bonds is 6. The third-order valence-corrected chi connectivity index (χ3v) is 4.88. The van der Waals surface area contributed by atoms with Gasteiger partial charge in [0, 0.05) is 17.8 Å². The van der Waals surface area contributed by atoms with Crippen LogP contribution < -0.4 is 22.4 Å². The van der Waals surface area contributed by atoms with E-state index in [9.17, 15) is 0 Å². The number of nitrogens with one attached hydrogen (secondary N) is 2. The Balaban J connectivity index is 2.28. The minimum absolute atomic E-state index is 0.0606. The van der Waals surface area contributed by atoms with Crippen LogP contribution in [0.5, 0.6) is 0 Å². The minimum Gasteiger partial charge on any atom is -0.397 e. The maximum Gasteiger partial charge on any atom is 0.227 e. The Morgan fingerprint density at radius 1 is 1.24 bits per heavy atom. The Labute approximate surface area is 175 Å². The SMILES string of the molecule is CC(N)CN=c1nc(Nc2ccc(Cl)c(N)c2)c2n[nH]c(C(C)C)c2n1C(C)C. The van der Waals surface area contributed by atoms with Gasteiger partial charge in [0.2, 0.25) is 5.62 Å². The van der Waals surface area contributed by atoms with E-state index in [-0.39, 0.29) is 18.0 Å². The Morgan fingerprint density at radius 2 is 1.97 bits per heavy atom. The number of benzene rings is 1. The second kappa shape index (κ2) is 8.42. The van der Waals surface area contributed by atoms with E-state index in [2.05, 4.69) is 47.8 Å². The molecule has 3 rings (SSSR count). The standard InChI is InChI=1S/C20H29ClN8/c1-10(2)16-18-17(28-27-16)19(25-13-6-7-14(21)15(23)8-13)26-20(24-9-12(5)22)29(18)11(3)4/h6-8,10-12H,9,22-23H2,1-5H3,(H,27,28)(H,24,25,26). The van der Waals surface area contributed by atoms with E-state index < -0.39 is 0 Å². The molecule has 0 aliphatic rings. The molecule has 29 heavy (non-hydrogen) atoms. The molecular formula is C20H29ClN8. The number of aromatic nitrogens is 4. The highest BCUT2D eigenvalue weighted by atomic mass is 35.5. The molecule has 0 saturated carbocycles. The summed E-state index contributed by atoms with van der Waals surface area (Å²) in [5, 5.41) is 11.6. The number of H-pyrrole nitrogens is 1. The number of nitrogens with zero attached hydrogens (tertiary/aromatic N) is 4. The molecule has 6 N–H and O–H groups in total. The van der Waals surface area contributed by atoms with Gasteiger partial charge in [-0.05, 0) is 44.9 Å². The summed E-state index contributed by atoms with van der Waals surface area (Å²) in [6.45, 7) is 10.9. The monoisotopic (exact) mass is 416 g/mol. The van der Waals surface area contributed by atoms with Crippen LogP contribution >= 0.6 is 11.6 Å². The molecule has 1 unspecified atom stereocenters. The van der Waals surface area contributed by atoms with Crippen molar-refractivity contribution in [2.45, 2.75) is 52.6 Å². The lowest BCUT2D eigenvalue weighted by Crippen LogP contribution is -2.30. The van der Waals surface area contributed by atoms with Crippen molar-refractivity contribution in [2.24, 2.45) is 10.7 Å². The lowest BCUT2D eigenvalue weighted by Gasteiger charge is -2.17. The lowest BCUT2D eigenvalue weighted by atomic mass is 10.1. The molecule has 8 nitrogen and oxygen atoms in total. The summed E-state index contributed by atoms with van der Waals surface area (Å²) < 4.78 is 2.11. The largest absolute Gasteiger partial charge is 0.397 e. The fourth-order valence-electron chi connectivity index (χ4n) is 3.14. The first-order valence-electron chi connectivity index (χ1n) is 9.77. The van der Waals surface area contributed by atoms with E-state index in [1.165, 1.54) is 0 Å². The summed E-state index contributed by atoms with van der Waals surface area (Å²) >= 11 is 6.05. The summed E-state index contributed by atoms with van der Waals surface area (Å²) in [5.41, 5.74) is 16.5. The molecule has 1 atom stereocenters. The van der Waals surface area contributed by atoms with E-state index in [1.54, 1.807) is 12.1 Å². The Hall–Kier alpha value is -2.58. The average Bonchev–Trinajstić information content (AvgIpc) is 3.08. The molecule has 0 amide bonds. The van der Waals surface area contributed by atoms with Gasteiger partial charge in [-0.25, -0.2) is 4.99 Å². The van der Waals surface area contributed by atoms with Crippen molar-refractivity contribution in [1.29, 1.82) is 0 Å². The van der Waals surface area contributed by atoms with Crippen molar-refractivity contribution in [3.05, 3.63) is 34.5 Å². The van der Waals surface area contributed by atoms with Gasteiger partial charge >= 0.3 is 0 Å². The first kappa shape index (κ1) is 21.1. The molecule has 2 heterocycles. The second-order valence-corrected chi connectivity index (χ2v) is 8.30. The van der Waals surface area contributed by atoms with Gasteiger partial charge in [0.15, 0.2) is 11.3 Å². The summed E-state index contributed by atoms with van der Waals surface area (Å²) in [6.07, 6.45) is 0. The average molecular weight is 417 g/mol. The molecule has 0 spiro atoms. The predicted molar refractivity (Wildman–Crippen MR) is 120 cm³/mol. The molecule has 0 aliphatic heterocycles. The number of nitrogen functional groups attached to an aromatic ring is 1. The summed E-state index contributed by atoms with van der Waals surface area (Å²) in [6, 6.07) is 5.46. The van der Waals surface area contributed by atoms with Gasteiger partial charge in [-0.15, -0.1) is 0 Å². The zero-order chi connectivity index (χ0) is 21.3. The molecular weight excluding hydrogens is 388 g/mol. The van der Waals surface area contributed by atoms with Crippen LogP contribution in [0, 0.1) is 0 Å². The minimum atomic E-state index is -0.0606. The van der Waals surface area contributed by atoms with Gasteiger partial charge in [-0.2, -0.15) is 10.1 Å². The lowest BCUT2D eigenvalue weighted by molar-refractivity contribution is 0.564. The van der Waals surface area contributed by atoms with Gasteiger partial charge in [0.1, 0.15) is 0 Å². The molecule has 156 valence electrons. The molecule has 0 saturated heterocycles. The molecule has 9 heteroatoms. The summed E-state index contributed by atoms with van der Waals surface area (Å²) in [4.78, 5) is 9.48. The van der Waals surface area contributed by atoms with Crippen molar-refractivity contribution in [2.75, 3.05) is 17.6 Å². The van der Waals surface area contributed by atoms with Crippen molar-refractivity contribution >= 4 is 39.8 Å². The first-order chi connectivity index (χ1) is 13.7. The van der Waals surface area contributed by atoms with Gasteiger partial charge in [-0.3, -0.25) is 5.10 Å². The summed E-state index contributed by atoms with van der Waals surface area (Å²) in [5.74, 6) is 0.859. The topological polar surface area (TPSA) is 123 Å². The van der Waals surface area contributed by atoms with Gasteiger partial charge in [0.25, 0.3) is 0 Å². The Bertz CT molecular complexity index is 1080. The maximum atomic E-state index is 6.05. The van der Waals surface area contributed by atoms with E-state index in [0.717, 1.165) is 22.4 Å². The van der Waals surface area contributed by atoms with E-state index in [0.29, 0.717) is 28.7 Å². The quantitative estimate of drug-likeness (QED) is 0.456. The highest BCUT2D eigenvalue weighted by Gasteiger charge is 2.20. The van der Waals surface area contributed by atoms with Gasteiger partial charge in [0.05, 0.1) is 28.5 Å². The van der Waals surface area contributed by atoms with Gasteiger partial charge < -0.3 is 21.4 Å². The van der Waals surface area contributed by atoms with E-state index in [4.69, 9.17) is 33.0 Å². The fourth-order valence-corrected chi connectivity index (χ4v) is 3.26. The van der Waals surface area contributed by atoms with Crippen molar-refractivity contribution in [1.82, 2.24) is 19.7 Å². The number of halogens is 1. The van der Waals surface area contributed by atoms with Crippen LogP contribution in [0.3, 0.4) is 0 Å². The molecule has 0 aliphatic carbocycles. The van der Waals surface area contributed by atoms with Crippen molar-refractivity contribution in [3.8, 4) is 0 Å². The molecule has 3 aromatic rings. The number of fused-ring (bicyclic) bond motifs is 1. The first-order valence-corrected chi connectivity index (χ1v) is 10.2. The van der Waals surface area contributed by atoms with Crippen LogP contribution in [-0.4, -0.2) is 32.3 Å². The number of anilines is 3. The van der Waals surface area contributed by atoms with Crippen LogP contribution in [0.1, 0.15) is 52.3 Å². The Kier molecular flexibility index (Phi) is 6.14. The number of hydrogen-bond donors (Lipinski definition) is 4. The van der Waals surface area contributed by atoms with Crippen LogP contribution in [-0.2, 0) is 0 Å². The number of hydrogen-bond acceptors (Lipinski definition) is 6. The van der Waals surface area contributed by atoms with Crippen molar-refractivity contribution in [3.63, 3.8) is 0 Å². The zero-order valence-corrected chi connectivity index (χ0v) is 18.2. The van der Waals surface area contributed by atoms with E-state index in [1.807, 2.05) is 13.0 Å². The molecule has 0 bridgehead atoms. The zero-order valence-electron chi connectivity index (χ0n) is 17.5. The number of aromatic amines is 1. The Morgan fingerprint density at radius 3 is 2.55 bits per heavy atom. The summed E-state index contributed by atoms with van der Waals surface area (Å²) in [7, 11) is 0. The molecule has 1 aromatic carbocycles. The predicted octanol–water partition coefficient (Wildman–Crippen LogP) is 3.69. The highest BCUT2D eigenvalue weighted by molar-refractivity contribution is 6.33. The fraction of sp³-hybridized carbons (Fsp3) is 0.450. The second-order valence-electron chi connectivity index (χ2n) is 7.89. The maximum absolute atomic E-state index is 6.05. The smallest absolute Gasteiger partial charge is 0.227 e. The molecule has 2 aromatic heterocycles. The number of nitrogens with two attached hydrogens (primary N) is 2. The third-order valence-electron chi connectivity index (χ3n) is 4.53. The van der Waals surface area contributed by atoms with Gasteiger partial charge in [-0.1, -0.05) is 25.4 Å². The molecule has 0 radical (unpaired) electrons. The van der Waals surface area contributed by atoms with Crippen LogP contribution in [0.25, 0.3) is 11.0 Å². The van der Waals surface area contributed by atoms with Crippen LogP contribution in [0.15, 0.2) is 23.2 Å². The third kappa shape index (κ3) is 4.38. The van der Waals surface area contributed by atoms with Crippen molar-refractivity contribution < 1.29 is 0 Å². The highest BCUT2D eigenvalue weighted by Crippen LogP contribution is 2.30.